The highest BCUT2D eigenvalue weighted by Crippen LogP contribution is 2.28. The summed E-state index contributed by atoms with van der Waals surface area (Å²) in [6.07, 6.45) is -4.18. The number of rotatable bonds is 1. The Morgan fingerprint density at radius 2 is 2.00 bits per heavy atom. The van der Waals surface area contributed by atoms with Crippen molar-refractivity contribution in [3.63, 3.8) is 0 Å². The highest BCUT2D eigenvalue weighted by molar-refractivity contribution is 4.84. The summed E-state index contributed by atoms with van der Waals surface area (Å²) >= 11 is 0. The molecule has 2 atom stereocenters. The highest BCUT2D eigenvalue weighted by Gasteiger charge is 2.46. The van der Waals surface area contributed by atoms with Crippen LogP contribution in [0.4, 0.5) is 13.2 Å². The number of likely N-dealkylation sites (N-methyl/N-ethyl adjacent to an activating group) is 1. The van der Waals surface area contributed by atoms with E-state index in [0.29, 0.717) is 13.2 Å². The standard InChI is InChI=1S/C8H14F3NO/c1-3-12-6(2)4-13-5-7(12)8(9,10)11/h6-7H,3-5H2,1-2H3. The van der Waals surface area contributed by atoms with Crippen LogP contribution in [0.3, 0.4) is 0 Å². The summed E-state index contributed by atoms with van der Waals surface area (Å²) in [4.78, 5) is 1.43. The van der Waals surface area contributed by atoms with Gasteiger partial charge in [-0.3, -0.25) is 4.90 Å². The second kappa shape index (κ2) is 3.84. The van der Waals surface area contributed by atoms with Gasteiger partial charge in [-0.2, -0.15) is 13.2 Å². The first-order valence-electron chi connectivity index (χ1n) is 4.37. The first kappa shape index (κ1) is 10.8. The Bertz CT molecular complexity index is 171. The molecule has 1 rings (SSSR count). The Labute approximate surface area is 75.7 Å². The van der Waals surface area contributed by atoms with Gasteiger partial charge in [-0.15, -0.1) is 0 Å². The van der Waals surface area contributed by atoms with Crippen molar-refractivity contribution in [1.82, 2.24) is 4.90 Å². The molecular formula is C8H14F3NO. The first-order chi connectivity index (χ1) is 5.96. The van der Waals surface area contributed by atoms with E-state index in [1.807, 2.05) is 0 Å². The largest absolute Gasteiger partial charge is 0.406 e. The first-order valence-corrected chi connectivity index (χ1v) is 4.37. The van der Waals surface area contributed by atoms with Crippen molar-refractivity contribution in [1.29, 1.82) is 0 Å². The molecule has 1 aliphatic rings. The van der Waals surface area contributed by atoms with E-state index in [9.17, 15) is 13.2 Å². The maximum absolute atomic E-state index is 12.4. The second-order valence-electron chi connectivity index (χ2n) is 3.27. The molecule has 78 valence electrons. The zero-order valence-electron chi connectivity index (χ0n) is 7.77. The van der Waals surface area contributed by atoms with Crippen LogP contribution in [-0.4, -0.2) is 42.9 Å². The maximum Gasteiger partial charge on any atom is 0.406 e. The average molecular weight is 197 g/mol. The van der Waals surface area contributed by atoms with Gasteiger partial charge >= 0.3 is 6.18 Å². The highest BCUT2D eigenvalue weighted by atomic mass is 19.4. The topological polar surface area (TPSA) is 12.5 Å². The molecule has 1 aliphatic heterocycles. The van der Waals surface area contributed by atoms with E-state index >= 15 is 0 Å². The molecule has 0 aromatic rings. The van der Waals surface area contributed by atoms with E-state index in [2.05, 4.69) is 0 Å². The van der Waals surface area contributed by atoms with E-state index in [1.165, 1.54) is 4.90 Å². The van der Waals surface area contributed by atoms with Crippen LogP contribution in [0.25, 0.3) is 0 Å². The molecule has 2 unspecified atom stereocenters. The SMILES string of the molecule is CCN1C(C)COCC1C(F)(F)F. The van der Waals surface area contributed by atoms with Crippen LogP contribution >= 0.6 is 0 Å². The van der Waals surface area contributed by atoms with Crippen LogP contribution in [0.5, 0.6) is 0 Å². The van der Waals surface area contributed by atoms with E-state index in [4.69, 9.17) is 4.74 Å². The van der Waals surface area contributed by atoms with Gasteiger partial charge in [0.05, 0.1) is 13.2 Å². The molecule has 0 aromatic heterocycles. The summed E-state index contributed by atoms with van der Waals surface area (Å²) in [6.45, 7) is 4.05. The number of nitrogens with zero attached hydrogens (tertiary/aromatic N) is 1. The van der Waals surface area contributed by atoms with Crippen LogP contribution < -0.4 is 0 Å². The third-order valence-electron chi connectivity index (χ3n) is 2.34. The van der Waals surface area contributed by atoms with Crippen LogP contribution in [0.15, 0.2) is 0 Å². The molecule has 1 heterocycles. The molecule has 0 amide bonds. The molecule has 5 heteroatoms. The van der Waals surface area contributed by atoms with Crippen molar-refractivity contribution >= 4 is 0 Å². The van der Waals surface area contributed by atoms with Gasteiger partial charge in [-0.05, 0) is 13.5 Å². The van der Waals surface area contributed by atoms with E-state index < -0.39 is 12.2 Å². The van der Waals surface area contributed by atoms with Gasteiger partial charge in [0.25, 0.3) is 0 Å². The van der Waals surface area contributed by atoms with Crippen LogP contribution in [0.2, 0.25) is 0 Å². The molecule has 0 aliphatic carbocycles. The zero-order valence-corrected chi connectivity index (χ0v) is 7.77. The number of hydrogen-bond acceptors (Lipinski definition) is 2. The summed E-state index contributed by atoms with van der Waals surface area (Å²) < 4.78 is 42.2. The normalized spacial score (nSPS) is 32.1. The number of hydrogen-bond donors (Lipinski definition) is 0. The van der Waals surface area contributed by atoms with Gasteiger partial charge in [-0.25, -0.2) is 0 Å². The minimum absolute atomic E-state index is 0.148. The Hall–Kier alpha value is -0.290. The van der Waals surface area contributed by atoms with Gasteiger partial charge in [0.1, 0.15) is 6.04 Å². The number of morpholine rings is 1. The lowest BCUT2D eigenvalue weighted by atomic mass is 10.1. The summed E-state index contributed by atoms with van der Waals surface area (Å²) in [6, 6.07) is -1.58. The van der Waals surface area contributed by atoms with Crippen LogP contribution in [0.1, 0.15) is 13.8 Å². The third kappa shape index (κ3) is 2.34. The number of alkyl halides is 3. The Balaban J connectivity index is 2.70. The number of halogens is 3. The minimum Gasteiger partial charge on any atom is -0.378 e. The summed E-state index contributed by atoms with van der Waals surface area (Å²) in [5.74, 6) is 0. The Morgan fingerprint density at radius 1 is 1.38 bits per heavy atom. The van der Waals surface area contributed by atoms with Gasteiger partial charge in [0, 0.05) is 6.04 Å². The quantitative estimate of drug-likeness (QED) is 0.633. The van der Waals surface area contributed by atoms with E-state index in [0.717, 1.165) is 0 Å². The second-order valence-corrected chi connectivity index (χ2v) is 3.27. The fourth-order valence-electron chi connectivity index (χ4n) is 1.66. The van der Waals surface area contributed by atoms with E-state index in [-0.39, 0.29) is 12.6 Å². The molecule has 13 heavy (non-hydrogen) atoms. The van der Waals surface area contributed by atoms with Gasteiger partial charge in [0.2, 0.25) is 0 Å². The molecule has 0 spiro atoms. The monoisotopic (exact) mass is 197 g/mol. The predicted molar refractivity (Wildman–Crippen MR) is 42.5 cm³/mol. The third-order valence-corrected chi connectivity index (χ3v) is 2.34. The molecule has 0 bridgehead atoms. The van der Waals surface area contributed by atoms with Crippen molar-refractivity contribution in [3.05, 3.63) is 0 Å². The van der Waals surface area contributed by atoms with Crippen molar-refractivity contribution in [3.8, 4) is 0 Å². The van der Waals surface area contributed by atoms with Crippen molar-refractivity contribution in [2.75, 3.05) is 19.8 Å². The minimum atomic E-state index is -4.18. The average Bonchev–Trinajstić information content (AvgIpc) is 2.02. The fraction of sp³-hybridized carbons (Fsp3) is 1.00. The number of ether oxygens (including phenoxy) is 1. The molecule has 2 nitrogen and oxygen atoms in total. The van der Waals surface area contributed by atoms with Crippen molar-refractivity contribution in [2.24, 2.45) is 0 Å². The van der Waals surface area contributed by atoms with Crippen LogP contribution in [-0.2, 0) is 4.74 Å². The smallest absolute Gasteiger partial charge is 0.378 e. The molecule has 1 fully saturated rings. The van der Waals surface area contributed by atoms with E-state index in [1.54, 1.807) is 13.8 Å². The zero-order chi connectivity index (χ0) is 10.1. The summed E-state index contributed by atoms with van der Waals surface area (Å²) in [5.41, 5.74) is 0. The summed E-state index contributed by atoms with van der Waals surface area (Å²) in [7, 11) is 0. The lowest BCUT2D eigenvalue weighted by Crippen LogP contribution is -2.57. The maximum atomic E-state index is 12.4. The lowest BCUT2D eigenvalue weighted by Gasteiger charge is -2.40. The molecule has 0 radical (unpaired) electrons. The molecule has 1 saturated heterocycles. The predicted octanol–water partition coefficient (Wildman–Crippen LogP) is 1.66. The van der Waals surface area contributed by atoms with Gasteiger partial charge in [0.15, 0.2) is 0 Å². The van der Waals surface area contributed by atoms with Gasteiger partial charge in [-0.1, -0.05) is 6.92 Å². The molecule has 0 N–H and O–H groups in total. The van der Waals surface area contributed by atoms with Crippen LogP contribution in [0, 0.1) is 0 Å². The van der Waals surface area contributed by atoms with Gasteiger partial charge < -0.3 is 4.74 Å². The Morgan fingerprint density at radius 3 is 2.38 bits per heavy atom. The Kier molecular flexibility index (Phi) is 3.18. The molecular weight excluding hydrogens is 183 g/mol. The fourth-order valence-corrected chi connectivity index (χ4v) is 1.66. The molecule has 0 saturated carbocycles. The lowest BCUT2D eigenvalue weighted by molar-refractivity contribution is -0.220. The van der Waals surface area contributed by atoms with Crippen molar-refractivity contribution < 1.29 is 17.9 Å². The molecule has 0 aromatic carbocycles. The summed E-state index contributed by atoms with van der Waals surface area (Å²) in [5, 5.41) is 0. The van der Waals surface area contributed by atoms with Crippen molar-refractivity contribution in [2.45, 2.75) is 32.1 Å².